The second-order valence-corrected chi connectivity index (χ2v) is 27.7. The van der Waals surface area contributed by atoms with Crippen LogP contribution < -0.4 is 10.6 Å². The number of carbonyl (C=O) groups excluding carboxylic acids is 6. The van der Waals surface area contributed by atoms with Gasteiger partial charge in [-0.15, -0.1) is 23.5 Å². The van der Waals surface area contributed by atoms with Crippen molar-refractivity contribution in [2.24, 2.45) is 22.7 Å². The van der Waals surface area contributed by atoms with Gasteiger partial charge in [0.25, 0.3) is 0 Å². The van der Waals surface area contributed by atoms with Crippen LogP contribution >= 0.6 is 23.5 Å². The highest BCUT2D eigenvalue weighted by Gasteiger charge is 2.53. The second-order valence-electron chi connectivity index (χ2n) is 24.2. The summed E-state index contributed by atoms with van der Waals surface area (Å²) in [7, 11) is 7.42. The van der Waals surface area contributed by atoms with Gasteiger partial charge < -0.3 is 29.9 Å². The molecule has 0 radical (unpaired) electrons. The van der Waals surface area contributed by atoms with E-state index in [0.29, 0.717) is 24.4 Å². The van der Waals surface area contributed by atoms with Gasteiger partial charge in [-0.25, -0.2) is 9.59 Å². The quantitative estimate of drug-likeness (QED) is 0.108. The van der Waals surface area contributed by atoms with Gasteiger partial charge in [0.2, 0.25) is 23.6 Å². The zero-order chi connectivity index (χ0) is 58.0. The van der Waals surface area contributed by atoms with Gasteiger partial charge in [-0.2, -0.15) is 0 Å². The fourth-order valence-corrected chi connectivity index (χ4v) is 13.2. The first-order valence-electron chi connectivity index (χ1n) is 26.8. The standard InChI is InChI=1S/2C30H47N3O4S/c2*1-12-37-28(36)20(4)18-22(19(2)3)32(10)26(35)23(29(5,6)7)31-25(34)24-30(8,9)38-27(33(24)11)21-16-14-13-15-17-21/h2*13-19,22-24,27H,12H2,1-11H3,(H,31,34)/b2*20-18+/t22-,23-,24?,27+;22-,23-,24?,27-/m11/s1. The highest BCUT2D eigenvalue weighted by atomic mass is 32.2. The summed E-state index contributed by atoms with van der Waals surface area (Å²) in [4.78, 5) is 87.6. The summed E-state index contributed by atoms with van der Waals surface area (Å²) in [6.07, 6.45) is 3.58. The maximum atomic E-state index is 13.9. The Morgan fingerprint density at radius 2 is 0.882 bits per heavy atom. The molecule has 4 amide bonds. The molecule has 4 rings (SSSR count). The van der Waals surface area contributed by atoms with Crippen LogP contribution in [0.25, 0.3) is 0 Å². The van der Waals surface area contributed by atoms with Gasteiger partial charge in [0, 0.05) is 34.7 Å². The second kappa shape index (κ2) is 27.3. The average molecular weight is 1090 g/mol. The van der Waals surface area contributed by atoms with E-state index in [1.54, 1.807) is 87.3 Å². The molecule has 0 aliphatic carbocycles. The molecule has 16 heteroatoms. The number of amides is 4. The number of hydrogen-bond donors (Lipinski definition) is 2. The predicted octanol–water partition coefficient (Wildman–Crippen LogP) is 10.1. The largest absolute Gasteiger partial charge is 0.463 e. The third kappa shape index (κ3) is 16.7. The summed E-state index contributed by atoms with van der Waals surface area (Å²) in [6, 6.07) is 17.3. The van der Waals surface area contributed by atoms with Gasteiger partial charge >= 0.3 is 11.9 Å². The molecule has 2 aliphatic rings. The van der Waals surface area contributed by atoms with Gasteiger partial charge in [-0.1, -0.05) is 142 Å². The SMILES string of the molecule is CCOC(=O)/C(C)=C/[C@H](C(C)C)N(C)C(=O)[C@@H](NC(=O)C1N(C)[C@@H](c2ccccc2)SC1(C)C)C(C)(C)C.CCOC(=O)/C(C)=C/[C@H](C(C)C)N(C)C(=O)[C@@H](NC(=O)C1N(C)[C@H](c2ccccc2)SC1(C)C)C(C)(C)C. The lowest BCUT2D eigenvalue weighted by Crippen LogP contribution is -2.60. The lowest BCUT2D eigenvalue weighted by atomic mass is 9.84. The number of thioether (sulfide) groups is 2. The van der Waals surface area contributed by atoms with Gasteiger partial charge in [0.15, 0.2) is 0 Å². The first-order valence-corrected chi connectivity index (χ1v) is 28.6. The third-order valence-electron chi connectivity index (χ3n) is 14.2. The minimum atomic E-state index is -0.748. The van der Waals surface area contributed by atoms with Crippen LogP contribution in [-0.2, 0) is 38.2 Å². The van der Waals surface area contributed by atoms with E-state index in [1.807, 2.05) is 120 Å². The van der Waals surface area contributed by atoms with Crippen molar-refractivity contribution in [1.29, 1.82) is 0 Å². The molecule has 0 saturated carbocycles. The Kier molecular flexibility index (Phi) is 23.6. The van der Waals surface area contributed by atoms with Crippen LogP contribution in [0.3, 0.4) is 0 Å². The third-order valence-corrected chi connectivity index (χ3v) is 17.5. The van der Waals surface area contributed by atoms with E-state index in [-0.39, 0.29) is 67.8 Å². The molecule has 2 aromatic rings. The van der Waals surface area contributed by atoms with Gasteiger partial charge in [-0.3, -0.25) is 29.0 Å². The van der Waals surface area contributed by atoms with Crippen molar-refractivity contribution in [3.05, 3.63) is 95.1 Å². The van der Waals surface area contributed by atoms with Crippen LogP contribution in [0.2, 0.25) is 0 Å². The summed E-state index contributed by atoms with van der Waals surface area (Å²) >= 11 is 3.51. The Balaban J connectivity index is 0.000000400. The van der Waals surface area contributed by atoms with Crippen LogP contribution in [0.1, 0.15) is 147 Å². The van der Waals surface area contributed by atoms with E-state index < -0.39 is 46.9 Å². The maximum absolute atomic E-state index is 13.9. The van der Waals surface area contributed by atoms with Crippen LogP contribution in [0.15, 0.2) is 84.0 Å². The average Bonchev–Trinajstić information content (AvgIpc) is 3.73. The van der Waals surface area contributed by atoms with E-state index >= 15 is 0 Å². The Bertz CT molecular complexity index is 2200. The van der Waals surface area contributed by atoms with Crippen molar-refractivity contribution >= 4 is 59.1 Å². The minimum absolute atomic E-state index is 0.0368. The lowest BCUT2D eigenvalue weighted by molar-refractivity contribution is -0.141. The minimum Gasteiger partial charge on any atom is -0.463 e. The molecule has 0 spiro atoms. The van der Waals surface area contributed by atoms with E-state index in [9.17, 15) is 28.8 Å². The zero-order valence-corrected chi connectivity index (χ0v) is 51.6. The smallest absolute Gasteiger partial charge is 0.333 e. The molecule has 76 heavy (non-hydrogen) atoms. The fourth-order valence-electron chi connectivity index (χ4n) is 10.0. The number of ether oxygens (including phenoxy) is 2. The normalized spacial score (nSPS) is 21.6. The molecule has 424 valence electrons. The summed E-state index contributed by atoms with van der Waals surface area (Å²) in [5, 5.41) is 6.33. The Morgan fingerprint density at radius 3 is 1.13 bits per heavy atom. The summed E-state index contributed by atoms with van der Waals surface area (Å²) in [5.41, 5.74) is 2.15. The number of rotatable bonds is 18. The van der Waals surface area contributed by atoms with Crippen LogP contribution in [0.5, 0.6) is 0 Å². The van der Waals surface area contributed by atoms with Gasteiger partial charge in [0.1, 0.15) is 24.2 Å². The summed E-state index contributed by atoms with van der Waals surface area (Å²) in [6.45, 7) is 35.6. The first-order chi connectivity index (χ1) is 35.0. The molecule has 2 aliphatic heterocycles. The monoisotopic (exact) mass is 1090 g/mol. The van der Waals surface area contributed by atoms with Crippen molar-refractivity contribution in [2.75, 3.05) is 41.4 Å². The molecule has 14 nitrogen and oxygen atoms in total. The number of benzene rings is 2. The summed E-state index contributed by atoms with van der Waals surface area (Å²) in [5.74, 6) is -1.39. The van der Waals surface area contributed by atoms with Crippen molar-refractivity contribution in [3.63, 3.8) is 0 Å². The molecular weight excluding hydrogens is 997 g/mol. The predicted molar refractivity (Wildman–Crippen MR) is 311 cm³/mol. The van der Waals surface area contributed by atoms with Crippen molar-refractivity contribution in [1.82, 2.24) is 30.2 Å². The number of hydrogen-bond acceptors (Lipinski definition) is 12. The van der Waals surface area contributed by atoms with Gasteiger partial charge in [0.05, 0.1) is 36.0 Å². The van der Waals surface area contributed by atoms with E-state index in [4.69, 9.17) is 9.47 Å². The zero-order valence-electron chi connectivity index (χ0n) is 50.0. The molecule has 2 N–H and O–H groups in total. The molecule has 2 aromatic carbocycles. The molecule has 0 bridgehead atoms. The summed E-state index contributed by atoms with van der Waals surface area (Å²) < 4.78 is 9.53. The van der Waals surface area contributed by atoms with E-state index in [0.717, 1.165) is 11.1 Å². The number of carbonyl (C=O) groups is 6. The maximum Gasteiger partial charge on any atom is 0.333 e. The van der Waals surface area contributed by atoms with Crippen molar-refractivity contribution < 1.29 is 38.2 Å². The van der Waals surface area contributed by atoms with Crippen LogP contribution in [0, 0.1) is 22.7 Å². The molecule has 2 unspecified atom stereocenters. The van der Waals surface area contributed by atoms with Gasteiger partial charge in [-0.05, 0) is 103 Å². The number of nitrogens with one attached hydrogen (secondary N) is 2. The van der Waals surface area contributed by atoms with E-state index in [2.05, 4.69) is 72.4 Å². The molecule has 8 atom stereocenters. The molecule has 0 aromatic heterocycles. The number of esters is 2. The molecule has 2 fully saturated rings. The fraction of sp³-hybridized carbons (Fsp3) is 0.633. The molecule has 2 heterocycles. The Morgan fingerprint density at radius 1 is 0.592 bits per heavy atom. The van der Waals surface area contributed by atoms with E-state index in [1.165, 1.54) is 0 Å². The first kappa shape index (κ1) is 65.6. The van der Waals surface area contributed by atoms with Crippen molar-refractivity contribution in [2.45, 2.75) is 181 Å². The molecular formula is C60H94N6O8S2. The highest BCUT2D eigenvalue weighted by Crippen LogP contribution is 2.52. The Labute approximate surface area is 465 Å². The Hall–Kier alpha value is -4.64. The number of nitrogens with zero attached hydrogens (tertiary/aromatic N) is 4. The lowest BCUT2D eigenvalue weighted by Gasteiger charge is -2.39. The molecule has 2 saturated heterocycles. The van der Waals surface area contributed by atoms with Crippen LogP contribution in [0.4, 0.5) is 0 Å². The topological polar surface area (TPSA) is 158 Å². The highest BCUT2D eigenvalue weighted by molar-refractivity contribution is 8.01. The number of likely N-dealkylation sites (N-methyl/N-ethyl adjacent to an activating group) is 4. The van der Waals surface area contributed by atoms with Crippen molar-refractivity contribution in [3.8, 4) is 0 Å². The van der Waals surface area contributed by atoms with Crippen LogP contribution in [-0.4, -0.2) is 142 Å².